The summed E-state index contributed by atoms with van der Waals surface area (Å²) in [7, 11) is 0. The van der Waals surface area contributed by atoms with Crippen molar-refractivity contribution in [1.29, 1.82) is 5.26 Å². The molecule has 0 saturated heterocycles. The van der Waals surface area contributed by atoms with Gasteiger partial charge in [0.2, 0.25) is 0 Å². The fraction of sp³-hybridized carbons (Fsp3) is 0.227. The van der Waals surface area contributed by atoms with Crippen LogP contribution in [0.1, 0.15) is 29.7 Å². The average Bonchev–Trinajstić information content (AvgIpc) is 3.11. The van der Waals surface area contributed by atoms with Crippen LogP contribution in [0.25, 0.3) is 15.7 Å². The standard InChI is InChI=1S/C22H18N2O2S/c1-13(8-21(25)26)20-9-15-11-24-12-19(22(15)27-20)18-7-6-14(10-23)16-4-2-3-5-17(16)18/h2-7,9,11-14,16H,8H2,1H3,(H,25,26)/t13-,14?,16?/m1/s1. The smallest absolute Gasteiger partial charge is 0.303 e. The van der Waals surface area contributed by atoms with Gasteiger partial charge in [-0.2, -0.15) is 5.26 Å². The Hall–Kier alpha value is -2.97. The lowest BCUT2D eigenvalue weighted by atomic mass is 9.76. The Kier molecular flexibility index (Phi) is 4.51. The molecule has 0 saturated carbocycles. The Morgan fingerprint density at radius 1 is 1.33 bits per heavy atom. The Labute approximate surface area is 161 Å². The van der Waals surface area contributed by atoms with Gasteiger partial charge in [-0.3, -0.25) is 9.78 Å². The number of allylic oxidation sites excluding steroid dienone is 8. The van der Waals surface area contributed by atoms with Crippen molar-refractivity contribution in [2.45, 2.75) is 19.3 Å². The number of fused-ring (bicyclic) bond motifs is 2. The van der Waals surface area contributed by atoms with Gasteiger partial charge in [-0.15, -0.1) is 11.3 Å². The number of aromatic nitrogens is 1. The van der Waals surface area contributed by atoms with E-state index in [0.29, 0.717) is 0 Å². The molecule has 2 aromatic heterocycles. The molecule has 134 valence electrons. The van der Waals surface area contributed by atoms with Crippen LogP contribution in [0.3, 0.4) is 0 Å². The zero-order valence-corrected chi connectivity index (χ0v) is 15.6. The molecule has 0 aromatic carbocycles. The van der Waals surface area contributed by atoms with E-state index in [0.717, 1.165) is 31.7 Å². The van der Waals surface area contributed by atoms with Crippen LogP contribution in [0.4, 0.5) is 0 Å². The van der Waals surface area contributed by atoms with Crippen molar-refractivity contribution in [3.05, 3.63) is 70.9 Å². The Morgan fingerprint density at radius 2 is 2.19 bits per heavy atom. The minimum atomic E-state index is -0.789. The molecule has 4 nitrogen and oxygen atoms in total. The van der Waals surface area contributed by atoms with E-state index in [1.165, 1.54) is 0 Å². The highest BCUT2D eigenvalue weighted by Crippen LogP contribution is 2.42. The van der Waals surface area contributed by atoms with E-state index in [-0.39, 0.29) is 24.2 Å². The molecule has 0 radical (unpaired) electrons. The maximum atomic E-state index is 11.1. The molecule has 5 heteroatoms. The van der Waals surface area contributed by atoms with E-state index in [1.54, 1.807) is 11.3 Å². The van der Waals surface area contributed by atoms with Crippen molar-refractivity contribution in [1.82, 2.24) is 4.98 Å². The van der Waals surface area contributed by atoms with Gasteiger partial charge in [-0.1, -0.05) is 43.4 Å². The molecule has 4 rings (SSSR count). The lowest BCUT2D eigenvalue weighted by Crippen LogP contribution is -2.16. The molecule has 2 heterocycles. The number of hydrogen-bond acceptors (Lipinski definition) is 4. The fourth-order valence-corrected chi connectivity index (χ4v) is 4.91. The van der Waals surface area contributed by atoms with E-state index >= 15 is 0 Å². The quantitative estimate of drug-likeness (QED) is 0.810. The first kappa shape index (κ1) is 17.4. The number of rotatable bonds is 4. The topological polar surface area (TPSA) is 74.0 Å². The van der Waals surface area contributed by atoms with Crippen molar-refractivity contribution >= 4 is 33.0 Å². The number of pyridine rings is 1. The average molecular weight is 374 g/mol. The first-order valence-corrected chi connectivity index (χ1v) is 9.66. The van der Waals surface area contributed by atoms with Crippen LogP contribution >= 0.6 is 11.3 Å². The molecule has 0 fully saturated rings. The van der Waals surface area contributed by atoms with Crippen LogP contribution in [-0.4, -0.2) is 16.1 Å². The molecule has 2 aromatic rings. The normalized spacial score (nSPS) is 21.9. The zero-order chi connectivity index (χ0) is 19.0. The van der Waals surface area contributed by atoms with Crippen molar-refractivity contribution in [2.75, 3.05) is 0 Å². The zero-order valence-electron chi connectivity index (χ0n) is 14.8. The largest absolute Gasteiger partial charge is 0.481 e. The highest BCUT2D eigenvalue weighted by molar-refractivity contribution is 7.19. The number of thiophene rings is 1. The molecule has 0 bridgehead atoms. The minimum Gasteiger partial charge on any atom is -0.481 e. The van der Waals surface area contributed by atoms with E-state index < -0.39 is 5.97 Å². The maximum absolute atomic E-state index is 11.1. The van der Waals surface area contributed by atoms with Gasteiger partial charge in [-0.25, -0.2) is 0 Å². The number of carboxylic acids is 1. The second-order valence-corrected chi connectivity index (χ2v) is 7.99. The Morgan fingerprint density at radius 3 is 2.96 bits per heavy atom. The first-order chi connectivity index (χ1) is 13.1. The van der Waals surface area contributed by atoms with Gasteiger partial charge in [-0.05, 0) is 17.2 Å². The van der Waals surface area contributed by atoms with E-state index in [2.05, 4.69) is 23.2 Å². The third kappa shape index (κ3) is 3.13. The molecular formula is C22H18N2O2S. The summed E-state index contributed by atoms with van der Waals surface area (Å²) < 4.78 is 1.11. The van der Waals surface area contributed by atoms with Gasteiger partial charge in [0.25, 0.3) is 0 Å². The minimum absolute atomic E-state index is 0.0412. The number of nitrogens with zero attached hydrogens (tertiary/aromatic N) is 2. The monoisotopic (exact) mass is 374 g/mol. The van der Waals surface area contributed by atoms with Crippen LogP contribution in [-0.2, 0) is 4.79 Å². The predicted molar refractivity (Wildman–Crippen MR) is 107 cm³/mol. The summed E-state index contributed by atoms with van der Waals surface area (Å²) >= 11 is 1.64. The Bertz CT molecular complexity index is 1080. The van der Waals surface area contributed by atoms with Crippen molar-refractivity contribution in [3.8, 4) is 6.07 Å². The lowest BCUT2D eigenvalue weighted by molar-refractivity contribution is -0.137. The van der Waals surface area contributed by atoms with Crippen LogP contribution in [0, 0.1) is 23.2 Å². The van der Waals surface area contributed by atoms with Crippen LogP contribution in [0.15, 0.2) is 60.5 Å². The fourth-order valence-electron chi connectivity index (χ4n) is 3.70. The van der Waals surface area contributed by atoms with E-state index in [4.69, 9.17) is 5.11 Å². The first-order valence-electron chi connectivity index (χ1n) is 8.85. The SMILES string of the molecule is C[C@H](CC(=O)O)c1cc2cncc(C3=C4C=CC=CC4C(C#N)C=C3)c2s1. The van der Waals surface area contributed by atoms with E-state index in [1.807, 2.05) is 49.7 Å². The summed E-state index contributed by atoms with van der Waals surface area (Å²) in [4.78, 5) is 16.5. The van der Waals surface area contributed by atoms with Crippen LogP contribution in [0.5, 0.6) is 0 Å². The van der Waals surface area contributed by atoms with Gasteiger partial charge in [0, 0.05) is 44.8 Å². The molecule has 27 heavy (non-hydrogen) atoms. The molecule has 0 aliphatic heterocycles. The number of nitriles is 1. The third-order valence-electron chi connectivity index (χ3n) is 5.08. The highest BCUT2D eigenvalue weighted by atomic mass is 32.1. The predicted octanol–water partition coefficient (Wildman–Crippen LogP) is 5.08. The molecule has 2 aliphatic rings. The summed E-state index contributed by atoms with van der Waals surface area (Å²) in [5.41, 5.74) is 3.26. The third-order valence-corrected chi connectivity index (χ3v) is 6.50. The summed E-state index contributed by atoms with van der Waals surface area (Å²) in [6, 6.07) is 4.42. The molecule has 1 N–H and O–H groups in total. The summed E-state index contributed by atoms with van der Waals surface area (Å²) in [5.74, 6) is -0.935. The number of aliphatic carboxylic acids is 1. The van der Waals surface area contributed by atoms with Crippen LogP contribution < -0.4 is 0 Å². The molecular weight excluding hydrogens is 356 g/mol. The van der Waals surface area contributed by atoms with Gasteiger partial charge in [0.1, 0.15) is 0 Å². The lowest BCUT2D eigenvalue weighted by Gasteiger charge is -2.26. The maximum Gasteiger partial charge on any atom is 0.303 e. The molecule has 2 aliphatic carbocycles. The summed E-state index contributed by atoms with van der Waals surface area (Å²) in [6.45, 7) is 1.94. The summed E-state index contributed by atoms with van der Waals surface area (Å²) in [5, 5.41) is 19.6. The highest BCUT2D eigenvalue weighted by Gasteiger charge is 2.27. The molecule has 0 amide bonds. The molecule has 0 spiro atoms. The van der Waals surface area contributed by atoms with Crippen molar-refractivity contribution in [3.63, 3.8) is 0 Å². The van der Waals surface area contributed by atoms with Crippen molar-refractivity contribution in [2.24, 2.45) is 11.8 Å². The van der Waals surface area contributed by atoms with Gasteiger partial charge >= 0.3 is 5.97 Å². The molecule has 2 unspecified atom stereocenters. The molecule has 3 atom stereocenters. The van der Waals surface area contributed by atoms with Crippen molar-refractivity contribution < 1.29 is 9.90 Å². The number of carbonyl (C=O) groups is 1. The van der Waals surface area contributed by atoms with E-state index in [9.17, 15) is 10.1 Å². The summed E-state index contributed by atoms with van der Waals surface area (Å²) in [6.07, 6.45) is 16.0. The van der Waals surface area contributed by atoms with Crippen LogP contribution in [0.2, 0.25) is 0 Å². The van der Waals surface area contributed by atoms with Gasteiger partial charge in [0.15, 0.2) is 0 Å². The number of carboxylic acid groups (broad SMARTS) is 1. The number of hydrogen-bond donors (Lipinski definition) is 1. The van der Waals surface area contributed by atoms with Gasteiger partial charge < -0.3 is 5.11 Å². The van der Waals surface area contributed by atoms with Gasteiger partial charge in [0.05, 0.1) is 18.4 Å². The second kappa shape index (κ2) is 6.98. The second-order valence-electron chi connectivity index (χ2n) is 6.91. The Balaban J connectivity index is 1.84.